The molecule has 0 aliphatic carbocycles. The van der Waals surface area contributed by atoms with Gasteiger partial charge in [0.15, 0.2) is 11.5 Å². The summed E-state index contributed by atoms with van der Waals surface area (Å²) in [7, 11) is 4.93. The van der Waals surface area contributed by atoms with Crippen molar-refractivity contribution >= 4 is 5.91 Å². The molecule has 0 aliphatic rings. The summed E-state index contributed by atoms with van der Waals surface area (Å²) < 4.78 is 15.4. The normalized spacial score (nSPS) is 10.3. The second kappa shape index (κ2) is 10.9. The molecule has 124 valence electrons. The molecule has 5 heteroatoms. The van der Waals surface area contributed by atoms with Crippen molar-refractivity contribution in [3.05, 3.63) is 23.8 Å². The molecule has 1 rings (SSSR count). The first-order valence-corrected chi connectivity index (χ1v) is 7.67. The summed E-state index contributed by atoms with van der Waals surface area (Å²) in [6.07, 6.45) is 4.13. The van der Waals surface area contributed by atoms with Crippen LogP contribution in [0.25, 0.3) is 0 Å². The summed E-state index contributed by atoms with van der Waals surface area (Å²) in [6, 6.07) is 5.86. The van der Waals surface area contributed by atoms with Crippen LogP contribution in [0.4, 0.5) is 0 Å². The number of amides is 1. The fourth-order valence-corrected chi connectivity index (χ4v) is 2.18. The summed E-state index contributed by atoms with van der Waals surface area (Å²) in [5.41, 5.74) is 1.14. The zero-order valence-electron chi connectivity index (χ0n) is 13.8. The maximum Gasteiger partial charge on any atom is 0.220 e. The van der Waals surface area contributed by atoms with Crippen molar-refractivity contribution in [1.82, 2.24) is 5.32 Å². The number of unbranched alkanes of at least 4 members (excludes halogenated alkanes) is 1. The summed E-state index contributed by atoms with van der Waals surface area (Å²) in [6.45, 7) is 1.47. The molecule has 0 bridgehead atoms. The van der Waals surface area contributed by atoms with E-state index in [9.17, 15) is 4.79 Å². The first-order valence-electron chi connectivity index (χ1n) is 7.67. The first-order chi connectivity index (χ1) is 10.7. The van der Waals surface area contributed by atoms with E-state index < -0.39 is 0 Å². The van der Waals surface area contributed by atoms with Gasteiger partial charge >= 0.3 is 0 Å². The Kier molecular flexibility index (Phi) is 9.07. The monoisotopic (exact) mass is 309 g/mol. The van der Waals surface area contributed by atoms with E-state index in [1.54, 1.807) is 21.3 Å². The lowest BCUT2D eigenvalue weighted by Crippen LogP contribution is -2.24. The van der Waals surface area contributed by atoms with Gasteiger partial charge in [-0.3, -0.25) is 4.79 Å². The van der Waals surface area contributed by atoms with Crippen molar-refractivity contribution in [1.29, 1.82) is 0 Å². The van der Waals surface area contributed by atoms with Gasteiger partial charge in [0, 0.05) is 26.7 Å². The predicted octanol–water partition coefficient (Wildman–Crippen LogP) is 2.57. The van der Waals surface area contributed by atoms with Crippen LogP contribution >= 0.6 is 0 Å². The van der Waals surface area contributed by atoms with Crippen LogP contribution in [0.1, 0.15) is 31.2 Å². The molecule has 0 radical (unpaired) electrons. The molecule has 5 nitrogen and oxygen atoms in total. The van der Waals surface area contributed by atoms with E-state index in [0.29, 0.717) is 6.42 Å². The molecule has 1 aromatic rings. The molecular weight excluding hydrogens is 282 g/mol. The molecule has 0 saturated carbocycles. The third-order valence-corrected chi connectivity index (χ3v) is 3.41. The van der Waals surface area contributed by atoms with Crippen molar-refractivity contribution in [3.8, 4) is 11.5 Å². The van der Waals surface area contributed by atoms with Gasteiger partial charge in [-0.15, -0.1) is 0 Å². The van der Waals surface area contributed by atoms with Gasteiger partial charge in [-0.2, -0.15) is 0 Å². The van der Waals surface area contributed by atoms with Crippen molar-refractivity contribution in [2.45, 2.75) is 32.1 Å². The minimum absolute atomic E-state index is 0.109. The number of hydrogen-bond donors (Lipinski definition) is 1. The Hall–Kier alpha value is -1.75. The lowest BCUT2D eigenvalue weighted by Gasteiger charge is -2.09. The lowest BCUT2D eigenvalue weighted by atomic mass is 10.1. The van der Waals surface area contributed by atoms with Gasteiger partial charge in [0.1, 0.15) is 0 Å². The molecule has 0 fully saturated rings. The van der Waals surface area contributed by atoms with Crippen LogP contribution < -0.4 is 14.8 Å². The molecule has 0 aliphatic heterocycles. The van der Waals surface area contributed by atoms with Crippen molar-refractivity contribution in [2.24, 2.45) is 0 Å². The summed E-state index contributed by atoms with van der Waals surface area (Å²) in [5.74, 6) is 1.56. The number of nitrogens with one attached hydrogen (secondary N) is 1. The SMILES string of the molecule is COCCCCNC(=O)CCCc1ccc(OC)c(OC)c1. The predicted molar refractivity (Wildman–Crippen MR) is 86.6 cm³/mol. The van der Waals surface area contributed by atoms with Gasteiger partial charge < -0.3 is 19.5 Å². The number of carbonyl (C=O) groups is 1. The van der Waals surface area contributed by atoms with Crippen LogP contribution in [0.5, 0.6) is 11.5 Å². The number of aryl methyl sites for hydroxylation is 1. The van der Waals surface area contributed by atoms with Gasteiger partial charge in [0.2, 0.25) is 5.91 Å². The highest BCUT2D eigenvalue weighted by atomic mass is 16.5. The van der Waals surface area contributed by atoms with Crippen LogP contribution in [0.2, 0.25) is 0 Å². The van der Waals surface area contributed by atoms with Crippen LogP contribution in [0, 0.1) is 0 Å². The fourth-order valence-electron chi connectivity index (χ4n) is 2.18. The number of benzene rings is 1. The summed E-state index contributed by atoms with van der Waals surface area (Å²) >= 11 is 0. The van der Waals surface area contributed by atoms with Crippen LogP contribution in [0.15, 0.2) is 18.2 Å². The van der Waals surface area contributed by atoms with Crippen LogP contribution in [0.3, 0.4) is 0 Å². The molecule has 0 unspecified atom stereocenters. The highest BCUT2D eigenvalue weighted by Gasteiger charge is 2.06. The highest BCUT2D eigenvalue weighted by Crippen LogP contribution is 2.28. The van der Waals surface area contributed by atoms with E-state index in [-0.39, 0.29) is 5.91 Å². The van der Waals surface area contributed by atoms with Gasteiger partial charge in [-0.25, -0.2) is 0 Å². The lowest BCUT2D eigenvalue weighted by molar-refractivity contribution is -0.121. The smallest absolute Gasteiger partial charge is 0.220 e. The fraction of sp³-hybridized carbons (Fsp3) is 0.588. The average molecular weight is 309 g/mol. The van der Waals surface area contributed by atoms with Crippen molar-refractivity contribution in [2.75, 3.05) is 34.5 Å². The summed E-state index contributed by atoms with van der Waals surface area (Å²) in [5, 5.41) is 2.93. The zero-order valence-corrected chi connectivity index (χ0v) is 13.8. The van der Waals surface area contributed by atoms with E-state index in [1.165, 1.54) is 0 Å². The van der Waals surface area contributed by atoms with E-state index >= 15 is 0 Å². The molecule has 1 N–H and O–H groups in total. The van der Waals surface area contributed by atoms with E-state index in [1.807, 2.05) is 18.2 Å². The quantitative estimate of drug-likeness (QED) is 0.638. The zero-order chi connectivity index (χ0) is 16.2. The minimum Gasteiger partial charge on any atom is -0.493 e. The molecule has 0 saturated heterocycles. The number of carbonyl (C=O) groups excluding carboxylic acids is 1. The Labute approximate surface area is 132 Å². The van der Waals surface area contributed by atoms with E-state index in [2.05, 4.69) is 5.32 Å². The Morgan fingerprint density at radius 3 is 2.50 bits per heavy atom. The molecule has 0 spiro atoms. The molecule has 0 atom stereocenters. The van der Waals surface area contributed by atoms with Crippen molar-refractivity contribution in [3.63, 3.8) is 0 Å². The standard InChI is InChI=1S/C17H27NO4/c1-20-12-5-4-11-18-17(19)8-6-7-14-9-10-15(21-2)16(13-14)22-3/h9-10,13H,4-8,11-12H2,1-3H3,(H,18,19). The highest BCUT2D eigenvalue weighted by molar-refractivity contribution is 5.75. The Balaban J connectivity index is 2.24. The minimum atomic E-state index is 0.109. The maximum absolute atomic E-state index is 11.7. The second-order valence-corrected chi connectivity index (χ2v) is 5.09. The average Bonchev–Trinajstić information content (AvgIpc) is 2.54. The van der Waals surface area contributed by atoms with E-state index in [0.717, 1.165) is 55.9 Å². The number of ether oxygens (including phenoxy) is 3. The largest absolute Gasteiger partial charge is 0.493 e. The van der Waals surface area contributed by atoms with Gasteiger partial charge in [-0.1, -0.05) is 6.07 Å². The van der Waals surface area contributed by atoms with Gasteiger partial charge in [-0.05, 0) is 43.4 Å². The third kappa shape index (κ3) is 6.80. The Morgan fingerprint density at radius 2 is 1.82 bits per heavy atom. The number of rotatable bonds is 11. The van der Waals surface area contributed by atoms with Gasteiger partial charge in [0.05, 0.1) is 14.2 Å². The van der Waals surface area contributed by atoms with Crippen LogP contribution in [-0.4, -0.2) is 40.4 Å². The Morgan fingerprint density at radius 1 is 1.05 bits per heavy atom. The molecule has 1 aromatic carbocycles. The molecular formula is C17H27NO4. The van der Waals surface area contributed by atoms with Gasteiger partial charge in [0.25, 0.3) is 0 Å². The molecule has 0 aromatic heterocycles. The third-order valence-electron chi connectivity index (χ3n) is 3.41. The molecule has 1 amide bonds. The topological polar surface area (TPSA) is 56.8 Å². The van der Waals surface area contributed by atoms with Crippen molar-refractivity contribution < 1.29 is 19.0 Å². The molecule has 0 heterocycles. The number of hydrogen-bond acceptors (Lipinski definition) is 4. The summed E-state index contributed by atoms with van der Waals surface area (Å²) in [4.78, 5) is 11.7. The molecule has 22 heavy (non-hydrogen) atoms. The Bertz CT molecular complexity index is 448. The maximum atomic E-state index is 11.7. The number of methoxy groups -OCH3 is 3. The first kappa shape index (κ1) is 18.3. The van der Waals surface area contributed by atoms with Crippen LogP contribution in [-0.2, 0) is 16.0 Å². The second-order valence-electron chi connectivity index (χ2n) is 5.09. The van der Waals surface area contributed by atoms with E-state index in [4.69, 9.17) is 14.2 Å².